The molecule has 1 N–H and O–H groups in total. The molecule has 0 saturated heterocycles. The van der Waals surface area contributed by atoms with E-state index in [1.165, 1.54) is 0 Å². The van der Waals surface area contributed by atoms with Gasteiger partial charge < -0.3 is 19.5 Å². The fourth-order valence-electron chi connectivity index (χ4n) is 2.50. The highest BCUT2D eigenvalue weighted by atomic mass is 16.7. The van der Waals surface area contributed by atoms with Crippen molar-refractivity contribution in [2.24, 2.45) is 0 Å². The molecule has 1 heterocycles. The Morgan fingerprint density at radius 1 is 1.19 bits per heavy atom. The highest BCUT2D eigenvalue weighted by molar-refractivity contribution is 5.41. The zero-order valence-electron chi connectivity index (χ0n) is 14.0. The predicted molar refractivity (Wildman–Crippen MR) is 83.9 cm³/mol. The zero-order chi connectivity index (χ0) is 15.8. The standard InChI is InChI=1S/C16H28N2O3/c1-7-8-17-14(16(20-5)21-6)9-13-12(3)15(19-4)11(2)10-18-13/h10,14,16-17H,7-9H2,1-6H3. The molecule has 0 radical (unpaired) electrons. The minimum absolute atomic E-state index is 0.0542. The predicted octanol–water partition coefficient (Wildman–Crippen LogP) is 2.24. The molecule has 1 unspecified atom stereocenters. The zero-order valence-corrected chi connectivity index (χ0v) is 14.0. The van der Waals surface area contributed by atoms with E-state index in [1.54, 1.807) is 21.3 Å². The molecule has 0 aliphatic rings. The van der Waals surface area contributed by atoms with Crippen LogP contribution in [0.5, 0.6) is 5.75 Å². The maximum Gasteiger partial charge on any atom is 0.172 e. The van der Waals surface area contributed by atoms with E-state index in [1.807, 2.05) is 20.0 Å². The Morgan fingerprint density at radius 3 is 2.38 bits per heavy atom. The van der Waals surface area contributed by atoms with Crippen LogP contribution in [0.25, 0.3) is 0 Å². The summed E-state index contributed by atoms with van der Waals surface area (Å²) in [7, 11) is 5.01. The molecule has 0 bridgehead atoms. The summed E-state index contributed by atoms with van der Waals surface area (Å²) in [4.78, 5) is 4.55. The lowest BCUT2D eigenvalue weighted by molar-refractivity contribution is -0.122. The molecule has 0 fully saturated rings. The van der Waals surface area contributed by atoms with Crippen LogP contribution in [0.3, 0.4) is 0 Å². The normalized spacial score (nSPS) is 12.7. The van der Waals surface area contributed by atoms with Crippen molar-refractivity contribution in [2.45, 2.75) is 45.9 Å². The molecule has 5 heteroatoms. The number of nitrogens with zero attached hydrogens (tertiary/aromatic N) is 1. The minimum Gasteiger partial charge on any atom is -0.496 e. The van der Waals surface area contributed by atoms with Gasteiger partial charge in [0.25, 0.3) is 0 Å². The van der Waals surface area contributed by atoms with Gasteiger partial charge in [0.05, 0.1) is 13.2 Å². The van der Waals surface area contributed by atoms with E-state index in [9.17, 15) is 0 Å². The number of hydrogen-bond donors (Lipinski definition) is 1. The summed E-state index contributed by atoms with van der Waals surface area (Å²) < 4.78 is 16.3. The van der Waals surface area contributed by atoms with Gasteiger partial charge in [0, 0.05) is 43.7 Å². The van der Waals surface area contributed by atoms with E-state index in [-0.39, 0.29) is 12.3 Å². The van der Waals surface area contributed by atoms with Crippen molar-refractivity contribution in [1.29, 1.82) is 0 Å². The number of methoxy groups -OCH3 is 3. The first-order valence-corrected chi connectivity index (χ1v) is 7.37. The average molecular weight is 296 g/mol. The van der Waals surface area contributed by atoms with Gasteiger partial charge in [0.2, 0.25) is 0 Å². The summed E-state index contributed by atoms with van der Waals surface area (Å²) in [5.74, 6) is 0.903. The van der Waals surface area contributed by atoms with Gasteiger partial charge in [-0.2, -0.15) is 0 Å². The third-order valence-electron chi connectivity index (χ3n) is 3.61. The fraction of sp³-hybridized carbons (Fsp3) is 0.688. The Bertz CT molecular complexity index is 434. The second-order valence-electron chi connectivity index (χ2n) is 5.15. The second-order valence-corrected chi connectivity index (χ2v) is 5.15. The monoisotopic (exact) mass is 296 g/mol. The van der Waals surface area contributed by atoms with E-state index in [4.69, 9.17) is 14.2 Å². The molecule has 120 valence electrons. The van der Waals surface area contributed by atoms with Gasteiger partial charge in [-0.05, 0) is 26.8 Å². The Kier molecular flexibility index (Phi) is 7.64. The fourth-order valence-corrected chi connectivity index (χ4v) is 2.50. The molecule has 0 amide bonds. The molecule has 0 saturated carbocycles. The lowest BCUT2D eigenvalue weighted by Gasteiger charge is -2.26. The molecular weight excluding hydrogens is 268 g/mol. The van der Waals surface area contributed by atoms with Gasteiger partial charge in [0.1, 0.15) is 5.75 Å². The molecule has 0 aliphatic carbocycles. The van der Waals surface area contributed by atoms with Gasteiger partial charge >= 0.3 is 0 Å². The quantitative estimate of drug-likeness (QED) is 0.708. The van der Waals surface area contributed by atoms with Crippen molar-refractivity contribution >= 4 is 0 Å². The van der Waals surface area contributed by atoms with Crippen molar-refractivity contribution < 1.29 is 14.2 Å². The number of rotatable bonds is 9. The van der Waals surface area contributed by atoms with Gasteiger partial charge in [-0.3, -0.25) is 4.98 Å². The SMILES string of the molecule is CCCNC(Cc1ncc(C)c(OC)c1C)C(OC)OC. The molecule has 1 aromatic heterocycles. The molecular formula is C16H28N2O3. The van der Waals surface area contributed by atoms with Gasteiger partial charge in [-0.25, -0.2) is 0 Å². The topological polar surface area (TPSA) is 52.6 Å². The van der Waals surface area contributed by atoms with E-state index in [0.29, 0.717) is 0 Å². The second kappa shape index (κ2) is 8.97. The highest BCUT2D eigenvalue weighted by Gasteiger charge is 2.23. The lowest BCUT2D eigenvalue weighted by Crippen LogP contribution is -2.44. The molecule has 0 aliphatic heterocycles. The summed E-state index contributed by atoms with van der Waals surface area (Å²) in [6.45, 7) is 7.09. The Labute approximate surface area is 128 Å². The first-order chi connectivity index (χ1) is 10.1. The third kappa shape index (κ3) is 4.66. The number of aryl methyl sites for hydroxylation is 1. The number of aromatic nitrogens is 1. The van der Waals surface area contributed by atoms with Gasteiger partial charge in [-0.1, -0.05) is 6.92 Å². The van der Waals surface area contributed by atoms with Crippen LogP contribution >= 0.6 is 0 Å². The summed E-state index contributed by atoms with van der Waals surface area (Å²) >= 11 is 0. The number of ether oxygens (including phenoxy) is 3. The van der Waals surface area contributed by atoms with E-state index in [2.05, 4.69) is 17.2 Å². The van der Waals surface area contributed by atoms with Crippen LogP contribution in [-0.4, -0.2) is 45.2 Å². The largest absolute Gasteiger partial charge is 0.496 e. The Hall–Kier alpha value is -1.17. The highest BCUT2D eigenvalue weighted by Crippen LogP contribution is 2.25. The maximum absolute atomic E-state index is 5.47. The molecule has 0 spiro atoms. The van der Waals surface area contributed by atoms with Crippen LogP contribution in [0.2, 0.25) is 0 Å². The van der Waals surface area contributed by atoms with Gasteiger partial charge in [0.15, 0.2) is 6.29 Å². The summed E-state index contributed by atoms with van der Waals surface area (Å²) in [5, 5.41) is 3.47. The molecule has 0 aromatic carbocycles. The first kappa shape index (κ1) is 17.9. The molecule has 1 atom stereocenters. The van der Waals surface area contributed by atoms with Crippen molar-refractivity contribution in [3.63, 3.8) is 0 Å². The van der Waals surface area contributed by atoms with Crippen molar-refractivity contribution in [3.8, 4) is 5.75 Å². The summed E-state index contributed by atoms with van der Waals surface area (Å²) in [6.07, 6.45) is 3.34. The number of hydrogen-bond acceptors (Lipinski definition) is 5. The van der Waals surface area contributed by atoms with Crippen LogP contribution in [0.15, 0.2) is 6.20 Å². The average Bonchev–Trinajstić information content (AvgIpc) is 2.48. The van der Waals surface area contributed by atoms with Crippen LogP contribution in [0.1, 0.15) is 30.2 Å². The summed E-state index contributed by atoms with van der Waals surface area (Å²) in [6, 6.07) is 0.0542. The van der Waals surface area contributed by atoms with Crippen LogP contribution in [-0.2, 0) is 15.9 Å². The molecule has 1 rings (SSSR count). The Morgan fingerprint density at radius 2 is 1.86 bits per heavy atom. The van der Waals surface area contributed by atoms with E-state index >= 15 is 0 Å². The maximum atomic E-state index is 5.47. The van der Waals surface area contributed by atoms with Crippen LogP contribution in [0, 0.1) is 13.8 Å². The number of nitrogens with one attached hydrogen (secondary N) is 1. The van der Waals surface area contributed by atoms with Crippen LogP contribution < -0.4 is 10.1 Å². The van der Waals surface area contributed by atoms with Crippen molar-refractivity contribution in [3.05, 3.63) is 23.0 Å². The first-order valence-electron chi connectivity index (χ1n) is 7.37. The molecule has 1 aromatic rings. The summed E-state index contributed by atoms with van der Waals surface area (Å²) in [5.41, 5.74) is 3.13. The van der Waals surface area contributed by atoms with Crippen LogP contribution in [0.4, 0.5) is 0 Å². The van der Waals surface area contributed by atoms with Crippen molar-refractivity contribution in [2.75, 3.05) is 27.9 Å². The van der Waals surface area contributed by atoms with E-state index in [0.717, 1.165) is 42.0 Å². The Balaban J connectivity index is 2.97. The van der Waals surface area contributed by atoms with Gasteiger partial charge in [-0.15, -0.1) is 0 Å². The lowest BCUT2D eigenvalue weighted by atomic mass is 10.0. The smallest absolute Gasteiger partial charge is 0.172 e. The third-order valence-corrected chi connectivity index (χ3v) is 3.61. The van der Waals surface area contributed by atoms with E-state index < -0.39 is 0 Å². The molecule has 5 nitrogen and oxygen atoms in total. The molecule has 21 heavy (non-hydrogen) atoms. The minimum atomic E-state index is -0.301. The number of pyridine rings is 1. The van der Waals surface area contributed by atoms with Crippen molar-refractivity contribution in [1.82, 2.24) is 10.3 Å².